The molecule has 5 fully saturated rings. The molecule has 5 heterocycles. The fourth-order valence-electron chi connectivity index (χ4n) is 10.3. The van der Waals surface area contributed by atoms with Gasteiger partial charge in [0, 0.05) is 46.2 Å². The molecule has 7 atom stereocenters. The Morgan fingerprint density at radius 1 is 0.716 bits per heavy atom. The maximum atomic E-state index is 14.7. The van der Waals surface area contributed by atoms with Crippen molar-refractivity contribution in [3.8, 4) is 0 Å². The molecule has 0 aromatic carbocycles. The summed E-state index contributed by atoms with van der Waals surface area (Å²) in [5, 5.41) is 19.7. The number of carboxylic acids is 1. The van der Waals surface area contributed by atoms with Crippen LogP contribution in [0.4, 0.5) is 0 Å². The molecule has 5 saturated heterocycles. The second-order valence-electron chi connectivity index (χ2n) is 18.8. The first kappa shape index (κ1) is 51.9. The molecule has 1 spiro atoms. The summed E-state index contributed by atoms with van der Waals surface area (Å²) in [6.45, 7) is 7.28. The van der Waals surface area contributed by atoms with Gasteiger partial charge in [-0.2, -0.15) is 0 Å². The van der Waals surface area contributed by atoms with Crippen molar-refractivity contribution in [2.24, 2.45) is 22.4 Å². The molecule has 0 aliphatic carbocycles. The summed E-state index contributed by atoms with van der Waals surface area (Å²) in [7, 11) is 0. The number of hydrogen-bond donors (Lipinski definition) is 7. The first-order valence-electron chi connectivity index (χ1n) is 23.7. The SMILES string of the molecule is CC(=O)N1CCC[C@H]1C(=O)N[C@@H](CCCN=C(N)N)C(=O)N1CCC[C@H]1C(=O)N[C@@H](CC(C)C)C(=O)N1CCCC12CCCN(CC(=O)N[C@@H](C)C(=O)N1CCC[C@H]1C(=O)NCC(=O)O)C2=O. The average molecular weight is 943 g/mol. The smallest absolute Gasteiger partial charge is 0.322 e. The highest BCUT2D eigenvalue weighted by atomic mass is 16.4. The molecule has 372 valence electrons. The standard InChI is InChI=1S/C44H70N12O11/c1-26(2)23-30(51-38(63)33-14-8-21-55(33)40(65)29(11-5-17-47-43(45)46)50-37(62)32-13-6-19-53(32)28(4)57)41(66)56-22-10-16-44(56)15-9-18-52(42(44)67)25-34(58)49-27(3)39(64)54-20-7-12-31(54)36(61)48-24-35(59)60/h26-27,29-33H,5-25H2,1-4H3,(H,48,61)(H,49,58)(H,50,62)(H,51,63)(H,59,60)(H4,45,46,47)/t27-,29-,30-,31-,32-,33-,44?/m0/s1. The molecule has 5 aliphatic heterocycles. The van der Waals surface area contributed by atoms with Crippen LogP contribution in [0.2, 0.25) is 0 Å². The molecule has 5 aliphatic rings. The van der Waals surface area contributed by atoms with Crippen LogP contribution in [0, 0.1) is 5.92 Å². The van der Waals surface area contributed by atoms with Crippen molar-refractivity contribution in [1.29, 1.82) is 0 Å². The zero-order valence-corrected chi connectivity index (χ0v) is 39.3. The number of hydrogen-bond acceptors (Lipinski definition) is 11. The highest BCUT2D eigenvalue weighted by Gasteiger charge is 2.54. The van der Waals surface area contributed by atoms with Gasteiger partial charge in [-0.3, -0.25) is 52.9 Å². The summed E-state index contributed by atoms with van der Waals surface area (Å²) in [5.41, 5.74) is 9.74. The third kappa shape index (κ3) is 12.7. The molecule has 0 aromatic heterocycles. The molecular formula is C44H70N12O11. The van der Waals surface area contributed by atoms with Gasteiger partial charge in [0.15, 0.2) is 5.96 Å². The van der Waals surface area contributed by atoms with E-state index in [0.29, 0.717) is 77.2 Å². The minimum Gasteiger partial charge on any atom is -0.480 e. The first-order valence-corrected chi connectivity index (χ1v) is 23.7. The number of nitrogens with one attached hydrogen (secondary N) is 4. The van der Waals surface area contributed by atoms with Gasteiger partial charge in [0.2, 0.25) is 53.2 Å². The summed E-state index contributed by atoms with van der Waals surface area (Å²) in [4.78, 5) is 145. The van der Waals surface area contributed by atoms with Gasteiger partial charge in [-0.1, -0.05) is 13.8 Å². The van der Waals surface area contributed by atoms with E-state index in [0.717, 1.165) is 0 Å². The number of carbonyl (C=O) groups is 10. The van der Waals surface area contributed by atoms with Gasteiger partial charge in [0.1, 0.15) is 48.3 Å². The number of nitrogens with two attached hydrogens (primary N) is 2. The lowest BCUT2D eigenvalue weighted by molar-refractivity contribution is -0.158. The van der Waals surface area contributed by atoms with E-state index in [1.54, 1.807) is 0 Å². The third-order valence-corrected chi connectivity index (χ3v) is 13.5. The van der Waals surface area contributed by atoms with Gasteiger partial charge < -0.3 is 62.3 Å². The normalized spacial score (nSPS) is 24.0. The monoisotopic (exact) mass is 943 g/mol. The van der Waals surface area contributed by atoms with E-state index in [4.69, 9.17) is 16.6 Å². The highest BCUT2D eigenvalue weighted by Crippen LogP contribution is 2.39. The Bertz CT molecular complexity index is 1940. The number of amides is 9. The van der Waals surface area contributed by atoms with E-state index in [-0.39, 0.29) is 69.9 Å². The Labute approximate surface area is 390 Å². The number of piperidine rings is 1. The van der Waals surface area contributed by atoms with Crippen LogP contribution in [0.15, 0.2) is 4.99 Å². The highest BCUT2D eigenvalue weighted by molar-refractivity contribution is 5.99. The largest absolute Gasteiger partial charge is 0.480 e. The van der Waals surface area contributed by atoms with E-state index < -0.39 is 102 Å². The van der Waals surface area contributed by atoms with E-state index in [1.165, 1.54) is 38.3 Å². The molecule has 0 saturated carbocycles. The Hall–Kier alpha value is -6.03. The van der Waals surface area contributed by atoms with E-state index >= 15 is 0 Å². The molecule has 0 bridgehead atoms. The summed E-state index contributed by atoms with van der Waals surface area (Å²) in [6.07, 6.45) is 5.16. The lowest BCUT2D eigenvalue weighted by Crippen LogP contribution is -2.65. The predicted octanol–water partition coefficient (Wildman–Crippen LogP) is -2.26. The number of rotatable bonds is 19. The Morgan fingerprint density at radius 2 is 1.27 bits per heavy atom. The molecule has 1 unspecified atom stereocenters. The van der Waals surface area contributed by atoms with E-state index in [2.05, 4.69) is 26.3 Å². The van der Waals surface area contributed by atoms with Crippen LogP contribution in [0.25, 0.3) is 0 Å². The summed E-state index contributed by atoms with van der Waals surface area (Å²) >= 11 is 0. The van der Waals surface area contributed by atoms with E-state index in [1.807, 2.05) is 13.8 Å². The van der Waals surface area contributed by atoms with Crippen molar-refractivity contribution < 1.29 is 53.1 Å². The van der Waals surface area contributed by atoms with Gasteiger partial charge in [-0.25, -0.2) is 0 Å². The zero-order chi connectivity index (χ0) is 49.2. The van der Waals surface area contributed by atoms with Crippen LogP contribution in [0.1, 0.15) is 111 Å². The van der Waals surface area contributed by atoms with Crippen molar-refractivity contribution in [3.63, 3.8) is 0 Å². The average Bonchev–Trinajstić information content (AvgIpc) is 4.11. The van der Waals surface area contributed by atoms with Gasteiger partial charge in [-0.05, 0) is 96.3 Å². The lowest BCUT2D eigenvalue weighted by Gasteiger charge is -2.45. The van der Waals surface area contributed by atoms with Crippen molar-refractivity contribution in [3.05, 3.63) is 0 Å². The topological polar surface area (TPSA) is 320 Å². The molecule has 67 heavy (non-hydrogen) atoms. The zero-order valence-electron chi connectivity index (χ0n) is 39.3. The third-order valence-electron chi connectivity index (χ3n) is 13.5. The number of nitrogens with zero attached hydrogens (tertiary/aromatic N) is 6. The molecule has 0 aromatic rings. The van der Waals surface area contributed by atoms with Crippen LogP contribution >= 0.6 is 0 Å². The fraction of sp³-hybridized carbons (Fsp3) is 0.750. The molecule has 23 nitrogen and oxygen atoms in total. The van der Waals surface area contributed by atoms with Crippen molar-refractivity contribution >= 4 is 65.1 Å². The van der Waals surface area contributed by atoms with Gasteiger partial charge in [-0.15, -0.1) is 0 Å². The summed E-state index contributed by atoms with van der Waals surface area (Å²) < 4.78 is 0. The number of carboxylic acid groups (broad SMARTS) is 1. The first-order chi connectivity index (χ1) is 31.7. The maximum absolute atomic E-state index is 14.7. The van der Waals surface area contributed by atoms with Crippen molar-refractivity contribution in [2.45, 2.75) is 153 Å². The molecular weight excluding hydrogens is 873 g/mol. The van der Waals surface area contributed by atoms with Crippen molar-refractivity contribution in [2.75, 3.05) is 52.4 Å². The molecule has 23 heteroatoms. The number of guanidine groups is 1. The molecule has 0 radical (unpaired) electrons. The number of aliphatic imine (C=N–C) groups is 1. The van der Waals surface area contributed by atoms with Crippen LogP contribution in [0.3, 0.4) is 0 Å². The molecule has 9 amide bonds. The number of aliphatic carboxylic acids is 1. The van der Waals surface area contributed by atoms with Gasteiger partial charge in [0.05, 0.1) is 6.54 Å². The van der Waals surface area contributed by atoms with E-state index in [9.17, 15) is 47.9 Å². The number of likely N-dealkylation sites (tertiary alicyclic amines) is 5. The van der Waals surface area contributed by atoms with Crippen molar-refractivity contribution in [1.82, 2.24) is 45.8 Å². The number of carbonyl (C=O) groups excluding carboxylic acids is 9. The second kappa shape index (κ2) is 23.1. The quantitative estimate of drug-likeness (QED) is 0.0409. The van der Waals surface area contributed by atoms with Crippen LogP contribution < -0.4 is 32.7 Å². The molecule has 5 rings (SSSR count). The fourth-order valence-corrected chi connectivity index (χ4v) is 10.3. The Morgan fingerprint density at radius 3 is 1.85 bits per heavy atom. The summed E-state index contributed by atoms with van der Waals surface area (Å²) in [5.74, 6) is -5.73. The molecule has 9 N–H and O–H groups in total. The predicted molar refractivity (Wildman–Crippen MR) is 241 cm³/mol. The Kier molecular flexibility index (Phi) is 17.9. The Balaban J connectivity index is 1.25. The van der Waals surface area contributed by atoms with Crippen LogP contribution in [-0.2, 0) is 47.9 Å². The van der Waals surface area contributed by atoms with Gasteiger partial charge >= 0.3 is 5.97 Å². The van der Waals surface area contributed by atoms with Crippen LogP contribution in [0.5, 0.6) is 0 Å². The van der Waals surface area contributed by atoms with Gasteiger partial charge in [0.25, 0.3) is 0 Å². The van der Waals surface area contributed by atoms with Crippen LogP contribution in [-0.4, -0.2) is 189 Å². The summed E-state index contributed by atoms with van der Waals surface area (Å²) in [6, 6.07) is -5.71. The minimum absolute atomic E-state index is 0.0639. The lowest BCUT2D eigenvalue weighted by atomic mass is 9.84. The second-order valence-corrected chi connectivity index (χ2v) is 18.8. The maximum Gasteiger partial charge on any atom is 0.322 e. The minimum atomic E-state index is -1.26.